The SMILES string of the molecule is CCOC(=O)C1C(=O)NC[C@H]2CCCN12. The second kappa shape index (κ2) is 4.18. The molecule has 0 aliphatic carbocycles. The van der Waals surface area contributed by atoms with E-state index in [9.17, 15) is 9.59 Å². The molecule has 15 heavy (non-hydrogen) atoms. The van der Waals surface area contributed by atoms with Gasteiger partial charge in [0.25, 0.3) is 0 Å². The first-order chi connectivity index (χ1) is 7.24. The molecule has 0 saturated carbocycles. The second-order valence-corrected chi connectivity index (χ2v) is 3.93. The topological polar surface area (TPSA) is 58.6 Å². The van der Waals surface area contributed by atoms with Crippen LogP contribution in [0.1, 0.15) is 19.8 Å². The number of nitrogens with zero attached hydrogens (tertiary/aromatic N) is 1. The Morgan fingerprint density at radius 1 is 1.67 bits per heavy atom. The van der Waals surface area contributed by atoms with Gasteiger partial charge in [0.2, 0.25) is 5.91 Å². The van der Waals surface area contributed by atoms with Crippen LogP contribution in [0, 0.1) is 0 Å². The number of esters is 1. The fourth-order valence-corrected chi connectivity index (χ4v) is 2.35. The normalized spacial score (nSPS) is 30.9. The predicted molar refractivity (Wildman–Crippen MR) is 53.2 cm³/mol. The van der Waals surface area contributed by atoms with Crippen molar-refractivity contribution in [3.05, 3.63) is 0 Å². The molecule has 0 aromatic heterocycles. The lowest BCUT2D eigenvalue weighted by Crippen LogP contribution is -2.61. The molecule has 5 heteroatoms. The van der Waals surface area contributed by atoms with Crippen molar-refractivity contribution in [1.82, 2.24) is 10.2 Å². The fraction of sp³-hybridized carbons (Fsp3) is 0.800. The molecule has 1 unspecified atom stereocenters. The number of ether oxygens (including phenoxy) is 1. The summed E-state index contributed by atoms with van der Waals surface area (Å²) in [6.07, 6.45) is 2.10. The molecule has 1 N–H and O–H groups in total. The van der Waals surface area contributed by atoms with E-state index in [1.165, 1.54) is 0 Å². The van der Waals surface area contributed by atoms with E-state index in [0.29, 0.717) is 19.2 Å². The molecule has 0 radical (unpaired) electrons. The average molecular weight is 212 g/mol. The molecule has 2 saturated heterocycles. The molecule has 0 aromatic carbocycles. The van der Waals surface area contributed by atoms with Crippen molar-refractivity contribution < 1.29 is 14.3 Å². The number of amides is 1. The Labute approximate surface area is 88.8 Å². The van der Waals surface area contributed by atoms with Gasteiger partial charge in [0.1, 0.15) is 0 Å². The third-order valence-electron chi connectivity index (χ3n) is 3.02. The minimum Gasteiger partial charge on any atom is -0.464 e. The van der Waals surface area contributed by atoms with Crippen LogP contribution >= 0.6 is 0 Å². The number of rotatable bonds is 2. The molecule has 2 aliphatic heterocycles. The Balaban J connectivity index is 2.11. The lowest BCUT2D eigenvalue weighted by molar-refractivity contribution is -0.156. The third kappa shape index (κ3) is 1.84. The van der Waals surface area contributed by atoms with Crippen molar-refractivity contribution in [2.75, 3.05) is 19.7 Å². The smallest absolute Gasteiger partial charge is 0.333 e. The van der Waals surface area contributed by atoms with Crippen molar-refractivity contribution in [1.29, 1.82) is 0 Å². The third-order valence-corrected chi connectivity index (χ3v) is 3.02. The summed E-state index contributed by atoms with van der Waals surface area (Å²) in [5.41, 5.74) is 0. The largest absolute Gasteiger partial charge is 0.464 e. The van der Waals surface area contributed by atoms with Crippen LogP contribution in [0.2, 0.25) is 0 Å². The first-order valence-electron chi connectivity index (χ1n) is 5.44. The number of hydrogen-bond acceptors (Lipinski definition) is 4. The zero-order chi connectivity index (χ0) is 10.8. The Kier molecular flexibility index (Phi) is 2.90. The molecule has 84 valence electrons. The quantitative estimate of drug-likeness (QED) is 0.496. The molecular formula is C10H16N2O3. The molecule has 2 atom stereocenters. The summed E-state index contributed by atoms with van der Waals surface area (Å²) in [5.74, 6) is -0.631. The van der Waals surface area contributed by atoms with E-state index in [-0.39, 0.29) is 5.91 Å². The molecule has 2 rings (SSSR count). The van der Waals surface area contributed by atoms with E-state index in [1.54, 1.807) is 6.92 Å². The molecule has 0 bridgehead atoms. The van der Waals surface area contributed by atoms with Gasteiger partial charge < -0.3 is 10.1 Å². The van der Waals surface area contributed by atoms with Crippen LogP contribution in [-0.4, -0.2) is 48.6 Å². The number of piperazine rings is 1. The zero-order valence-corrected chi connectivity index (χ0v) is 8.86. The second-order valence-electron chi connectivity index (χ2n) is 3.93. The van der Waals surface area contributed by atoms with Crippen molar-refractivity contribution >= 4 is 11.9 Å². The average Bonchev–Trinajstić information content (AvgIpc) is 2.65. The molecule has 5 nitrogen and oxygen atoms in total. The van der Waals surface area contributed by atoms with Crippen LogP contribution in [0.3, 0.4) is 0 Å². The van der Waals surface area contributed by atoms with Crippen molar-refractivity contribution in [3.8, 4) is 0 Å². The van der Waals surface area contributed by atoms with Crippen molar-refractivity contribution in [3.63, 3.8) is 0 Å². The summed E-state index contributed by atoms with van der Waals surface area (Å²) in [6.45, 7) is 3.55. The van der Waals surface area contributed by atoms with Crippen LogP contribution in [0.4, 0.5) is 0 Å². The van der Waals surface area contributed by atoms with E-state index >= 15 is 0 Å². The summed E-state index contributed by atoms with van der Waals surface area (Å²) in [7, 11) is 0. The number of hydrogen-bond donors (Lipinski definition) is 1. The predicted octanol–water partition coefficient (Wildman–Crippen LogP) is -0.488. The van der Waals surface area contributed by atoms with E-state index in [0.717, 1.165) is 19.4 Å². The molecule has 0 aromatic rings. The van der Waals surface area contributed by atoms with Gasteiger partial charge in [-0.15, -0.1) is 0 Å². The number of carbonyl (C=O) groups excluding carboxylic acids is 2. The molecule has 1 amide bonds. The molecular weight excluding hydrogens is 196 g/mol. The number of nitrogens with one attached hydrogen (secondary N) is 1. The van der Waals surface area contributed by atoms with Gasteiger partial charge in [-0.25, -0.2) is 4.79 Å². The first-order valence-corrected chi connectivity index (χ1v) is 5.44. The summed E-state index contributed by atoms with van der Waals surface area (Å²) in [5, 5.41) is 2.76. The van der Waals surface area contributed by atoms with Gasteiger partial charge in [-0.1, -0.05) is 0 Å². The summed E-state index contributed by atoms with van der Waals surface area (Å²) in [6, 6.07) is -0.400. The van der Waals surface area contributed by atoms with Gasteiger partial charge >= 0.3 is 5.97 Å². The zero-order valence-electron chi connectivity index (χ0n) is 8.86. The van der Waals surface area contributed by atoms with E-state index in [1.807, 2.05) is 4.90 Å². The molecule has 2 heterocycles. The van der Waals surface area contributed by atoms with Crippen LogP contribution in [0.25, 0.3) is 0 Å². The summed E-state index contributed by atoms with van der Waals surface area (Å²) in [4.78, 5) is 25.2. The maximum absolute atomic E-state index is 11.6. The number of fused-ring (bicyclic) bond motifs is 1. The lowest BCUT2D eigenvalue weighted by atomic mass is 10.1. The van der Waals surface area contributed by atoms with Crippen LogP contribution in [-0.2, 0) is 14.3 Å². The van der Waals surface area contributed by atoms with Gasteiger partial charge in [-0.3, -0.25) is 9.69 Å². The van der Waals surface area contributed by atoms with Gasteiger partial charge in [0.05, 0.1) is 6.61 Å². The summed E-state index contributed by atoms with van der Waals surface area (Å²) < 4.78 is 4.92. The van der Waals surface area contributed by atoms with Crippen LogP contribution in [0.5, 0.6) is 0 Å². The highest BCUT2D eigenvalue weighted by Crippen LogP contribution is 2.23. The van der Waals surface area contributed by atoms with E-state index in [4.69, 9.17) is 4.74 Å². The highest BCUT2D eigenvalue weighted by Gasteiger charge is 2.43. The highest BCUT2D eigenvalue weighted by atomic mass is 16.5. The van der Waals surface area contributed by atoms with Gasteiger partial charge in [-0.2, -0.15) is 0 Å². The standard InChI is InChI=1S/C10H16N2O3/c1-2-15-10(14)8-9(13)11-6-7-4-3-5-12(7)8/h7-8H,2-6H2,1H3,(H,11,13)/t7-,8?/m1/s1. The fourth-order valence-electron chi connectivity index (χ4n) is 2.35. The van der Waals surface area contributed by atoms with Gasteiger partial charge in [0.15, 0.2) is 6.04 Å². The number of carbonyl (C=O) groups is 2. The van der Waals surface area contributed by atoms with E-state index < -0.39 is 12.0 Å². The van der Waals surface area contributed by atoms with Crippen molar-refractivity contribution in [2.45, 2.75) is 31.8 Å². The summed E-state index contributed by atoms with van der Waals surface area (Å²) >= 11 is 0. The Hall–Kier alpha value is -1.10. The highest BCUT2D eigenvalue weighted by molar-refractivity contribution is 6.02. The molecule has 2 fully saturated rings. The first kappa shape index (κ1) is 10.4. The Morgan fingerprint density at radius 3 is 3.20 bits per heavy atom. The van der Waals surface area contributed by atoms with Gasteiger partial charge in [-0.05, 0) is 26.3 Å². The molecule has 2 aliphatic rings. The molecule has 0 spiro atoms. The lowest BCUT2D eigenvalue weighted by Gasteiger charge is -2.35. The Morgan fingerprint density at radius 2 is 2.47 bits per heavy atom. The minimum absolute atomic E-state index is 0.216. The maximum Gasteiger partial charge on any atom is 0.333 e. The van der Waals surface area contributed by atoms with Gasteiger partial charge in [0, 0.05) is 12.6 Å². The van der Waals surface area contributed by atoms with E-state index in [2.05, 4.69) is 5.32 Å². The maximum atomic E-state index is 11.6. The monoisotopic (exact) mass is 212 g/mol. The minimum atomic E-state index is -0.716. The van der Waals surface area contributed by atoms with Crippen LogP contribution in [0.15, 0.2) is 0 Å². The Bertz CT molecular complexity index is 280. The van der Waals surface area contributed by atoms with Crippen molar-refractivity contribution in [2.24, 2.45) is 0 Å². The van der Waals surface area contributed by atoms with Crippen LogP contribution < -0.4 is 5.32 Å².